The van der Waals surface area contributed by atoms with Crippen LogP contribution in [0.5, 0.6) is 0 Å². The number of hydrogen-bond donors (Lipinski definition) is 2. The average molecular weight is 1080 g/mol. The molecule has 0 amide bonds. The van der Waals surface area contributed by atoms with Gasteiger partial charge in [-0.15, -0.1) is 0 Å². The fourth-order valence-corrected chi connectivity index (χ4v) is 7.56. The summed E-state index contributed by atoms with van der Waals surface area (Å²) in [5.41, 5.74) is 5.37. The lowest BCUT2D eigenvalue weighted by Crippen LogP contribution is -2.29. The molecule has 0 aliphatic heterocycles. The van der Waals surface area contributed by atoms with Gasteiger partial charge in [-0.1, -0.05) is 228 Å². The molecule has 0 fully saturated rings. The van der Waals surface area contributed by atoms with Crippen molar-refractivity contribution in [1.82, 2.24) is 0 Å². The van der Waals surface area contributed by atoms with Crippen LogP contribution < -0.4 is 5.73 Å². The molecule has 10 heteroatoms. The maximum Gasteiger partial charge on any atom is 0.472 e. The van der Waals surface area contributed by atoms with Crippen molar-refractivity contribution in [3.8, 4) is 0 Å². The van der Waals surface area contributed by atoms with Gasteiger partial charge in [-0.05, 0) is 135 Å². The lowest BCUT2D eigenvalue weighted by Gasteiger charge is -2.19. The van der Waals surface area contributed by atoms with Crippen molar-refractivity contribution in [2.24, 2.45) is 5.73 Å². The van der Waals surface area contributed by atoms with Gasteiger partial charge in [0.25, 0.3) is 0 Å². The maximum absolute atomic E-state index is 12.7. The molecule has 2 unspecified atom stereocenters. The number of carbonyl (C=O) groups is 2. The Labute approximate surface area is 468 Å². The summed E-state index contributed by atoms with van der Waals surface area (Å²) in [4.78, 5) is 35.1. The molecule has 0 radical (unpaired) electrons. The Balaban J connectivity index is 4.13. The van der Waals surface area contributed by atoms with E-state index in [-0.39, 0.29) is 32.6 Å². The Morgan fingerprint density at radius 1 is 0.390 bits per heavy atom. The normalized spacial score (nSPS) is 14.5. The van der Waals surface area contributed by atoms with Gasteiger partial charge in [-0.3, -0.25) is 18.6 Å². The zero-order valence-corrected chi connectivity index (χ0v) is 48.5. The highest BCUT2D eigenvalue weighted by molar-refractivity contribution is 7.47. The van der Waals surface area contributed by atoms with Gasteiger partial charge in [0.15, 0.2) is 6.10 Å². The second-order valence-corrected chi connectivity index (χ2v) is 19.5. The summed E-state index contributed by atoms with van der Waals surface area (Å²) in [6.45, 7) is 3.38. The molecule has 0 aromatic carbocycles. The number of nitrogens with two attached hydrogens (primary N) is 1. The molecule has 0 spiro atoms. The second kappa shape index (κ2) is 60.1. The molecule has 428 valence electrons. The molecule has 0 bridgehead atoms. The minimum Gasteiger partial charge on any atom is -0.462 e. The van der Waals surface area contributed by atoms with Crippen LogP contribution in [0.3, 0.4) is 0 Å². The van der Waals surface area contributed by atoms with Crippen LogP contribution in [0.4, 0.5) is 0 Å². The second-order valence-electron chi connectivity index (χ2n) is 18.0. The molecule has 0 saturated heterocycles. The summed E-state index contributed by atoms with van der Waals surface area (Å²) in [6, 6.07) is 0. The lowest BCUT2D eigenvalue weighted by atomic mass is 10.1. The largest absolute Gasteiger partial charge is 0.472 e. The first-order valence-electron chi connectivity index (χ1n) is 28.9. The van der Waals surface area contributed by atoms with Crippen LogP contribution in [0.2, 0.25) is 0 Å². The van der Waals surface area contributed by atoms with Crippen molar-refractivity contribution in [2.45, 2.75) is 187 Å². The highest BCUT2D eigenvalue weighted by Crippen LogP contribution is 2.43. The molecule has 0 rings (SSSR count). The first kappa shape index (κ1) is 71.8. The lowest BCUT2D eigenvalue weighted by molar-refractivity contribution is -0.161. The number of esters is 2. The van der Waals surface area contributed by atoms with E-state index in [1.807, 2.05) is 6.08 Å². The molecule has 0 aliphatic rings. The quantitative estimate of drug-likeness (QED) is 0.0264. The molecule has 77 heavy (non-hydrogen) atoms. The number of allylic oxidation sites excluding steroid dienone is 32. The molecule has 3 N–H and O–H groups in total. The molecule has 0 heterocycles. The Hall–Kier alpha value is -5.15. The van der Waals surface area contributed by atoms with Gasteiger partial charge in [0.1, 0.15) is 6.61 Å². The van der Waals surface area contributed by atoms with Gasteiger partial charge < -0.3 is 20.1 Å². The number of phosphoric acid groups is 1. The van der Waals surface area contributed by atoms with Crippen molar-refractivity contribution < 1.29 is 37.6 Å². The number of hydrogen-bond acceptors (Lipinski definition) is 8. The van der Waals surface area contributed by atoms with Crippen molar-refractivity contribution in [1.29, 1.82) is 0 Å². The summed E-state index contributed by atoms with van der Waals surface area (Å²) in [7, 11) is -4.42. The molecule has 0 aliphatic carbocycles. The van der Waals surface area contributed by atoms with E-state index in [1.54, 1.807) is 0 Å². The fraction of sp³-hybridized carbons (Fsp3) is 0.493. The molecular weight excluding hydrogens is 978 g/mol. The third-order valence-corrected chi connectivity index (χ3v) is 12.0. The molecule has 0 saturated carbocycles. The number of carbonyl (C=O) groups excluding carboxylic acids is 2. The minimum absolute atomic E-state index is 0.0310. The Morgan fingerprint density at radius 2 is 0.688 bits per heavy atom. The van der Waals surface area contributed by atoms with Gasteiger partial charge >= 0.3 is 19.8 Å². The predicted octanol–water partition coefficient (Wildman–Crippen LogP) is 18.6. The van der Waals surface area contributed by atoms with Crippen LogP contribution in [-0.2, 0) is 32.7 Å². The van der Waals surface area contributed by atoms with Gasteiger partial charge in [0, 0.05) is 19.4 Å². The molecule has 0 aromatic rings. The average Bonchev–Trinajstić information content (AvgIpc) is 3.42. The fourth-order valence-electron chi connectivity index (χ4n) is 6.79. The molecule has 9 nitrogen and oxygen atoms in total. The number of rotatable bonds is 51. The third kappa shape index (κ3) is 59.9. The standard InChI is InChI=1S/C67H102NO8P/c1-3-5-7-9-11-13-15-17-19-21-22-23-24-25-26-27-28-29-30-31-32-33-34-35-36-37-38-39-40-41-42-44-46-48-50-52-54-56-58-60-67(70)76-65(64-75-77(71,72)74-62-61-68)63-73-66(69)59-57-55-53-51-49-47-45-43-20-18-16-14-12-10-8-6-4-2/h5-8,11-14,17-20,22-23,25-26,28-29,31-32,34-35,37-38,40-41,44-47,51,53,65H,3-4,9-10,15-16,21,24,27,30,33,36,39,42-43,48-50,52,54-64,68H2,1-2H3,(H,71,72)/b7-5-,8-6-,13-11-,14-12-,19-17-,20-18-,23-22-,26-25-,29-28-,32-31-,35-34-,38-37-,41-40-,46-44-,47-45-,53-51-. The summed E-state index contributed by atoms with van der Waals surface area (Å²) in [5.74, 6) is -0.938. The highest BCUT2D eigenvalue weighted by atomic mass is 31.2. The SMILES string of the molecule is CC/C=C\C/C=C\C/C=C\C/C=C\C/C=C\C/C=C\C/C=C\C/C=C\C/C=C\C/C=C\C/C=C\CCCCCCCC(=O)OC(COC(=O)CCC/C=C\C/C=C\C/C=C\C/C=C\C/C=C\CC)COP(=O)(O)OCCN. The van der Waals surface area contributed by atoms with Crippen LogP contribution in [0.15, 0.2) is 194 Å². The number of unbranched alkanes of at least 4 members (excludes halogenated alkanes) is 6. The van der Waals surface area contributed by atoms with Gasteiger partial charge in [0.05, 0.1) is 13.2 Å². The van der Waals surface area contributed by atoms with E-state index in [0.29, 0.717) is 12.8 Å². The number of phosphoric ester groups is 1. The van der Waals surface area contributed by atoms with Crippen molar-refractivity contribution in [3.05, 3.63) is 194 Å². The van der Waals surface area contributed by atoms with Crippen LogP contribution in [0.1, 0.15) is 181 Å². The zero-order valence-electron chi connectivity index (χ0n) is 47.6. The van der Waals surface area contributed by atoms with E-state index in [1.165, 1.54) is 0 Å². The maximum atomic E-state index is 12.7. The Morgan fingerprint density at radius 3 is 1.04 bits per heavy atom. The first-order chi connectivity index (χ1) is 37.8. The van der Waals surface area contributed by atoms with Crippen LogP contribution in [0, 0.1) is 0 Å². The summed E-state index contributed by atoms with van der Waals surface area (Å²) in [6.07, 6.45) is 92.1. The first-order valence-corrected chi connectivity index (χ1v) is 30.4. The topological polar surface area (TPSA) is 134 Å². The van der Waals surface area contributed by atoms with Crippen LogP contribution in [-0.4, -0.2) is 49.3 Å². The number of ether oxygens (including phenoxy) is 2. The molecular formula is C67H102NO8P. The van der Waals surface area contributed by atoms with Crippen molar-refractivity contribution >= 4 is 19.8 Å². The summed E-state index contributed by atoms with van der Waals surface area (Å²) >= 11 is 0. The Kier molecular flexibility index (Phi) is 56.1. The van der Waals surface area contributed by atoms with E-state index < -0.39 is 32.5 Å². The van der Waals surface area contributed by atoms with E-state index in [4.69, 9.17) is 24.3 Å². The van der Waals surface area contributed by atoms with Crippen molar-refractivity contribution in [2.75, 3.05) is 26.4 Å². The van der Waals surface area contributed by atoms with Gasteiger partial charge in [-0.2, -0.15) is 0 Å². The summed E-state index contributed by atoms with van der Waals surface area (Å²) in [5, 5.41) is 0. The summed E-state index contributed by atoms with van der Waals surface area (Å²) < 4.78 is 32.9. The Bertz CT molecular complexity index is 1950. The van der Waals surface area contributed by atoms with E-state index in [9.17, 15) is 19.0 Å². The van der Waals surface area contributed by atoms with Gasteiger partial charge in [-0.25, -0.2) is 4.57 Å². The van der Waals surface area contributed by atoms with E-state index in [0.717, 1.165) is 141 Å². The minimum atomic E-state index is -4.42. The van der Waals surface area contributed by atoms with Gasteiger partial charge in [0.2, 0.25) is 0 Å². The monoisotopic (exact) mass is 1080 g/mol. The third-order valence-electron chi connectivity index (χ3n) is 11.0. The van der Waals surface area contributed by atoms with E-state index >= 15 is 0 Å². The predicted molar refractivity (Wildman–Crippen MR) is 329 cm³/mol. The molecule has 2 atom stereocenters. The smallest absolute Gasteiger partial charge is 0.462 e. The molecule has 0 aromatic heterocycles. The van der Waals surface area contributed by atoms with Crippen LogP contribution >= 0.6 is 7.82 Å². The van der Waals surface area contributed by atoms with E-state index in [2.05, 4.69) is 202 Å². The van der Waals surface area contributed by atoms with Crippen LogP contribution in [0.25, 0.3) is 0 Å². The van der Waals surface area contributed by atoms with Crippen molar-refractivity contribution in [3.63, 3.8) is 0 Å². The zero-order chi connectivity index (χ0) is 55.9. The highest BCUT2D eigenvalue weighted by Gasteiger charge is 2.26.